The van der Waals surface area contributed by atoms with Crippen molar-refractivity contribution in [3.63, 3.8) is 0 Å². The summed E-state index contributed by atoms with van der Waals surface area (Å²) in [6.45, 7) is 0. The Morgan fingerprint density at radius 3 is 2.43 bits per heavy atom. The van der Waals surface area contributed by atoms with Gasteiger partial charge in [-0.25, -0.2) is 4.98 Å². The van der Waals surface area contributed by atoms with Crippen molar-refractivity contribution in [3.05, 3.63) is 75.6 Å². The molecule has 1 aliphatic heterocycles. The van der Waals surface area contributed by atoms with E-state index in [1.807, 2.05) is 6.07 Å². The van der Waals surface area contributed by atoms with Crippen LogP contribution in [0.4, 0.5) is 0 Å². The summed E-state index contributed by atoms with van der Waals surface area (Å²) in [5, 5.41) is 9.59. The van der Waals surface area contributed by atoms with Gasteiger partial charge in [-0.2, -0.15) is 5.26 Å². The zero-order valence-electron chi connectivity index (χ0n) is 15.7. The van der Waals surface area contributed by atoms with Crippen LogP contribution in [0.3, 0.4) is 0 Å². The first-order chi connectivity index (χ1) is 14.5. The summed E-state index contributed by atoms with van der Waals surface area (Å²) >= 11 is 1.02. The monoisotopic (exact) mass is 418 g/mol. The Hall–Kier alpha value is -3.90. The molecule has 2 heterocycles. The lowest BCUT2D eigenvalue weighted by molar-refractivity contribution is 0.0684. The quantitative estimate of drug-likeness (QED) is 0.385. The molecule has 0 radical (unpaired) electrons. The number of carbonyl (C=O) groups is 2. The van der Waals surface area contributed by atoms with E-state index in [1.165, 1.54) is 7.11 Å². The third-order valence-corrected chi connectivity index (χ3v) is 5.42. The molecule has 2 aromatic carbocycles. The van der Waals surface area contributed by atoms with Crippen LogP contribution in [0.2, 0.25) is 0 Å². The number of hydrogen-bond acceptors (Lipinski definition) is 7. The van der Waals surface area contributed by atoms with Crippen molar-refractivity contribution in [3.8, 4) is 23.1 Å². The summed E-state index contributed by atoms with van der Waals surface area (Å²) in [5.74, 6) is -0.267. The third kappa shape index (κ3) is 3.33. The first kappa shape index (κ1) is 19.4. The van der Waals surface area contributed by atoms with Crippen molar-refractivity contribution in [1.82, 2.24) is 14.9 Å². The summed E-state index contributed by atoms with van der Waals surface area (Å²) in [6.07, 6.45) is 0. The average Bonchev–Trinajstić information content (AvgIpc) is 3.02. The number of imide groups is 1. The molecule has 0 saturated heterocycles. The van der Waals surface area contributed by atoms with Crippen molar-refractivity contribution in [2.24, 2.45) is 0 Å². The number of thioether (sulfide) groups is 1. The highest BCUT2D eigenvalue weighted by atomic mass is 32.2. The minimum Gasteiger partial charge on any atom is -0.497 e. The Balaban J connectivity index is 1.64. The molecule has 0 saturated carbocycles. The Labute approximate surface area is 175 Å². The number of nitrogens with zero attached hydrogens (tertiary/aromatic N) is 3. The second-order valence-corrected chi connectivity index (χ2v) is 7.23. The van der Waals surface area contributed by atoms with Crippen LogP contribution in [0.25, 0.3) is 11.3 Å². The second-order valence-electron chi connectivity index (χ2n) is 6.30. The topological polar surface area (TPSA) is 116 Å². The van der Waals surface area contributed by atoms with Gasteiger partial charge in [0.1, 0.15) is 17.4 Å². The average molecular weight is 418 g/mol. The highest BCUT2D eigenvalue weighted by Crippen LogP contribution is 2.28. The first-order valence-electron chi connectivity index (χ1n) is 8.80. The van der Waals surface area contributed by atoms with Gasteiger partial charge >= 0.3 is 0 Å². The number of rotatable bonds is 5. The van der Waals surface area contributed by atoms with E-state index in [4.69, 9.17) is 4.74 Å². The number of hydrogen-bond donors (Lipinski definition) is 1. The molecule has 148 valence electrons. The predicted molar refractivity (Wildman–Crippen MR) is 109 cm³/mol. The number of H-pyrrole nitrogens is 1. The zero-order valence-corrected chi connectivity index (χ0v) is 16.5. The standard InChI is InChI=1S/C21H14N4O4S/c1-29-13-6-4-5-12(9-13)17-16(10-22)18(26)24-21(23-17)30-11-25-19(27)14-7-2-3-8-15(14)20(25)28/h2-9H,11H2,1H3,(H,23,24,26). The fourth-order valence-electron chi connectivity index (χ4n) is 3.09. The molecule has 0 aliphatic carbocycles. The zero-order chi connectivity index (χ0) is 21.3. The van der Waals surface area contributed by atoms with Gasteiger partial charge in [0.25, 0.3) is 17.4 Å². The highest BCUT2D eigenvalue weighted by molar-refractivity contribution is 7.99. The van der Waals surface area contributed by atoms with E-state index in [9.17, 15) is 19.6 Å². The van der Waals surface area contributed by atoms with Gasteiger partial charge in [0.2, 0.25) is 0 Å². The molecule has 4 rings (SSSR count). The molecule has 1 aromatic heterocycles. The number of ether oxygens (including phenoxy) is 1. The van der Waals surface area contributed by atoms with Crippen LogP contribution in [0.15, 0.2) is 58.5 Å². The number of aromatic amines is 1. The lowest BCUT2D eigenvalue weighted by atomic mass is 10.1. The molecule has 0 spiro atoms. The summed E-state index contributed by atoms with van der Waals surface area (Å²) in [4.78, 5) is 45.4. The Bertz CT molecular complexity index is 1240. The van der Waals surface area contributed by atoms with Gasteiger partial charge in [-0.3, -0.25) is 19.3 Å². The summed E-state index contributed by atoms with van der Waals surface area (Å²) in [7, 11) is 1.51. The van der Waals surface area contributed by atoms with Crippen molar-refractivity contribution >= 4 is 23.6 Å². The van der Waals surface area contributed by atoms with Crippen LogP contribution in [-0.4, -0.2) is 39.7 Å². The smallest absolute Gasteiger partial charge is 0.270 e. The van der Waals surface area contributed by atoms with Crippen LogP contribution >= 0.6 is 11.8 Å². The van der Waals surface area contributed by atoms with Gasteiger partial charge in [-0.15, -0.1) is 0 Å². The molecule has 0 unspecified atom stereocenters. The maximum Gasteiger partial charge on any atom is 0.270 e. The van der Waals surface area contributed by atoms with E-state index in [0.29, 0.717) is 22.4 Å². The fraction of sp³-hybridized carbons (Fsp3) is 0.0952. The van der Waals surface area contributed by atoms with E-state index in [-0.39, 0.29) is 22.3 Å². The SMILES string of the molecule is COc1cccc(-c2nc(SCN3C(=O)c4ccccc4C3=O)[nH]c(=O)c2C#N)c1. The van der Waals surface area contributed by atoms with E-state index in [0.717, 1.165) is 16.7 Å². The number of amides is 2. The molecule has 3 aromatic rings. The van der Waals surface area contributed by atoms with Gasteiger partial charge in [0.05, 0.1) is 29.8 Å². The molecule has 8 nitrogen and oxygen atoms in total. The number of methoxy groups -OCH3 is 1. The Morgan fingerprint density at radius 1 is 1.10 bits per heavy atom. The normalized spacial score (nSPS) is 12.6. The Kier molecular flexibility index (Phi) is 5.08. The lowest BCUT2D eigenvalue weighted by Gasteiger charge is -2.13. The molecule has 1 aliphatic rings. The van der Waals surface area contributed by atoms with E-state index < -0.39 is 17.4 Å². The van der Waals surface area contributed by atoms with E-state index in [2.05, 4.69) is 9.97 Å². The van der Waals surface area contributed by atoms with Crippen LogP contribution in [0.1, 0.15) is 26.3 Å². The molecule has 0 atom stereocenters. The lowest BCUT2D eigenvalue weighted by Crippen LogP contribution is -2.29. The number of nitriles is 1. The molecule has 0 bridgehead atoms. The molecule has 2 amide bonds. The van der Waals surface area contributed by atoms with E-state index in [1.54, 1.807) is 48.5 Å². The second kappa shape index (κ2) is 7.85. The van der Waals surface area contributed by atoms with Gasteiger partial charge in [0.15, 0.2) is 5.16 Å². The van der Waals surface area contributed by atoms with Crippen LogP contribution < -0.4 is 10.3 Å². The summed E-state index contributed by atoms with van der Waals surface area (Å²) in [5.41, 5.74) is 0.705. The fourth-order valence-corrected chi connectivity index (χ4v) is 3.89. The van der Waals surface area contributed by atoms with Crippen molar-refractivity contribution in [2.75, 3.05) is 13.0 Å². The minimum atomic E-state index is -0.602. The van der Waals surface area contributed by atoms with E-state index >= 15 is 0 Å². The largest absolute Gasteiger partial charge is 0.497 e. The molecular weight excluding hydrogens is 404 g/mol. The number of nitrogens with one attached hydrogen (secondary N) is 1. The van der Waals surface area contributed by atoms with Crippen LogP contribution in [0, 0.1) is 11.3 Å². The molecule has 0 fully saturated rings. The van der Waals surface area contributed by atoms with Crippen LogP contribution in [-0.2, 0) is 0 Å². The molecule has 9 heteroatoms. The first-order valence-corrected chi connectivity index (χ1v) is 9.79. The van der Waals surface area contributed by atoms with Gasteiger partial charge in [-0.1, -0.05) is 36.0 Å². The third-order valence-electron chi connectivity index (χ3n) is 4.56. The molecule has 30 heavy (non-hydrogen) atoms. The van der Waals surface area contributed by atoms with Crippen molar-refractivity contribution < 1.29 is 14.3 Å². The van der Waals surface area contributed by atoms with Crippen molar-refractivity contribution in [1.29, 1.82) is 5.26 Å². The Morgan fingerprint density at radius 2 is 1.80 bits per heavy atom. The summed E-state index contributed by atoms with van der Waals surface area (Å²) < 4.78 is 5.20. The highest BCUT2D eigenvalue weighted by Gasteiger charge is 2.35. The predicted octanol–water partition coefficient (Wildman–Crippen LogP) is 2.66. The summed E-state index contributed by atoms with van der Waals surface area (Å²) in [6, 6.07) is 15.3. The minimum absolute atomic E-state index is 0.0290. The molecule has 1 N–H and O–H groups in total. The molecular formula is C21H14N4O4S. The maximum atomic E-state index is 12.5. The van der Waals surface area contributed by atoms with Crippen molar-refractivity contribution in [2.45, 2.75) is 5.16 Å². The number of aromatic nitrogens is 2. The van der Waals surface area contributed by atoms with Gasteiger partial charge < -0.3 is 9.72 Å². The maximum absolute atomic E-state index is 12.5. The number of fused-ring (bicyclic) bond motifs is 1. The van der Waals surface area contributed by atoms with Gasteiger partial charge in [-0.05, 0) is 24.3 Å². The number of benzene rings is 2. The van der Waals surface area contributed by atoms with Gasteiger partial charge in [0, 0.05) is 5.56 Å². The van der Waals surface area contributed by atoms with Crippen LogP contribution in [0.5, 0.6) is 5.75 Å². The number of carbonyl (C=O) groups excluding carboxylic acids is 2.